The minimum Gasteiger partial charge on any atom is -0.477 e. The van der Waals surface area contributed by atoms with Crippen LogP contribution in [0.4, 0.5) is 10.5 Å². The van der Waals surface area contributed by atoms with Crippen LogP contribution in [0.2, 0.25) is 0 Å². The van der Waals surface area contributed by atoms with Crippen molar-refractivity contribution in [2.75, 3.05) is 5.32 Å². The molecule has 0 spiro atoms. The van der Waals surface area contributed by atoms with Crippen LogP contribution in [0.1, 0.15) is 38.9 Å². The number of thiophene rings is 1. The summed E-state index contributed by atoms with van der Waals surface area (Å²) in [6.45, 7) is 5.61. The number of rotatable bonds is 4. The Morgan fingerprint density at radius 1 is 1.33 bits per heavy atom. The highest BCUT2D eigenvalue weighted by molar-refractivity contribution is 7.12. The Hall–Kier alpha value is -2.28. The molecule has 1 unspecified atom stereocenters. The van der Waals surface area contributed by atoms with Crippen LogP contribution in [-0.2, 0) is 0 Å². The quantitative estimate of drug-likeness (QED) is 0.698. The zero-order valence-electron chi connectivity index (χ0n) is 12.0. The molecule has 1 atom stereocenters. The van der Waals surface area contributed by atoms with E-state index in [-0.39, 0.29) is 17.4 Å². The average molecular weight is 307 g/mol. The number of hydrogen-bond acceptors (Lipinski definition) is 3. The molecule has 112 valence electrons. The van der Waals surface area contributed by atoms with Crippen molar-refractivity contribution in [3.63, 3.8) is 0 Å². The summed E-state index contributed by atoms with van der Waals surface area (Å²) in [6.07, 6.45) is 0. The van der Waals surface area contributed by atoms with Crippen molar-refractivity contribution in [2.45, 2.75) is 26.8 Å². The maximum absolute atomic E-state index is 12.0. The van der Waals surface area contributed by atoms with E-state index in [0.717, 1.165) is 4.88 Å². The molecular weight excluding hydrogens is 290 g/mol. The van der Waals surface area contributed by atoms with E-state index in [1.165, 1.54) is 4.88 Å². The van der Waals surface area contributed by atoms with Crippen molar-refractivity contribution in [1.29, 1.82) is 0 Å². The molecule has 2 aromatic heterocycles. The monoisotopic (exact) mass is 307 g/mol. The molecule has 0 bridgehead atoms. The fourth-order valence-electron chi connectivity index (χ4n) is 1.97. The third-order valence-electron chi connectivity index (χ3n) is 2.95. The first kappa shape index (κ1) is 15.1. The van der Waals surface area contributed by atoms with Gasteiger partial charge < -0.3 is 20.7 Å². The number of anilines is 1. The van der Waals surface area contributed by atoms with Crippen molar-refractivity contribution in [3.8, 4) is 0 Å². The Bertz CT molecular complexity index is 675. The number of aromatic carboxylic acids is 1. The second-order valence-corrected chi connectivity index (χ2v) is 6.13. The lowest BCUT2D eigenvalue weighted by Gasteiger charge is -2.13. The van der Waals surface area contributed by atoms with Crippen molar-refractivity contribution >= 4 is 29.0 Å². The largest absolute Gasteiger partial charge is 0.477 e. The molecule has 2 aromatic rings. The molecule has 4 N–H and O–H groups in total. The first-order valence-electron chi connectivity index (χ1n) is 6.43. The number of aryl methyl sites for hydroxylation is 2. The molecule has 0 saturated carbocycles. The van der Waals surface area contributed by atoms with Crippen LogP contribution in [0, 0.1) is 13.8 Å². The minimum absolute atomic E-state index is 0.0257. The Balaban J connectivity index is 2.03. The van der Waals surface area contributed by atoms with E-state index in [1.807, 2.05) is 26.0 Å². The number of amides is 2. The molecule has 0 aliphatic rings. The Morgan fingerprint density at radius 2 is 2.05 bits per heavy atom. The Morgan fingerprint density at radius 3 is 2.62 bits per heavy atom. The van der Waals surface area contributed by atoms with Crippen LogP contribution in [0.3, 0.4) is 0 Å². The first-order chi connectivity index (χ1) is 9.86. The van der Waals surface area contributed by atoms with Gasteiger partial charge in [-0.15, -0.1) is 11.3 Å². The number of nitrogens with one attached hydrogen (secondary N) is 3. The van der Waals surface area contributed by atoms with E-state index in [2.05, 4.69) is 15.6 Å². The number of H-pyrrole nitrogens is 1. The standard InChI is InChI=1S/C14H17N3O3S/c1-7-6-10(12(15-7)13(18)19)17-14(20)16-9(3)11-5-4-8(2)21-11/h4-6,9,15H,1-3H3,(H,18,19)(H2,16,17,20). The number of carbonyl (C=O) groups is 2. The van der Waals surface area contributed by atoms with E-state index in [1.54, 1.807) is 24.3 Å². The lowest BCUT2D eigenvalue weighted by molar-refractivity contribution is 0.0692. The van der Waals surface area contributed by atoms with Crippen LogP contribution < -0.4 is 10.6 Å². The van der Waals surface area contributed by atoms with Gasteiger partial charge >= 0.3 is 12.0 Å². The molecule has 2 rings (SSSR count). The van der Waals surface area contributed by atoms with Crippen LogP contribution in [0.25, 0.3) is 0 Å². The third-order valence-corrected chi connectivity index (χ3v) is 4.13. The summed E-state index contributed by atoms with van der Waals surface area (Å²) in [5.74, 6) is -1.11. The predicted octanol–water partition coefficient (Wildman–Crippen LogP) is 3.27. The Labute approximate surface area is 126 Å². The third kappa shape index (κ3) is 3.63. The van der Waals surface area contributed by atoms with Crippen LogP contribution >= 0.6 is 11.3 Å². The summed E-state index contributed by atoms with van der Waals surface area (Å²) in [5.41, 5.74) is 0.902. The van der Waals surface area contributed by atoms with Crippen molar-refractivity contribution < 1.29 is 14.7 Å². The fraction of sp³-hybridized carbons (Fsp3) is 0.286. The van der Waals surface area contributed by atoms with Gasteiger partial charge in [0, 0.05) is 15.4 Å². The van der Waals surface area contributed by atoms with Crippen LogP contribution in [0.5, 0.6) is 0 Å². The van der Waals surface area contributed by atoms with Crippen molar-refractivity contribution in [3.05, 3.63) is 39.3 Å². The summed E-state index contributed by atoms with van der Waals surface area (Å²) in [4.78, 5) is 27.9. The Kier molecular flexibility index (Phi) is 4.32. The summed E-state index contributed by atoms with van der Waals surface area (Å²) in [7, 11) is 0. The number of urea groups is 1. The molecule has 0 aliphatic carbocycles. The molecule has 2 amide bonds. The van der Waals surface area contributed by atoms with E-state index in [4.69, 9.17) is 5.11 Å². The highest BCUT2D eigenvalue weighted by Gasteiger charge is 2.17. The average Bonchev–Trinajstić information content (AvgIpc) is 2.95. The van der Waals surface area contributed by atoms with Gasteiger partial charge in [0.05, 0.1) is 11.7 Å². The lowest BCUT2D eigenvalue weighted by Crippen LogP contribution is -2.31. The maximum Gasteiger partial charge on any atom is 0.354 e. The molecule has 0 radical (unpaired) electrons. The van der Waals surface area contributed by atoms with Crippen molar-refractivity contribution in [2.24, 2.45) is 0 Å². The highest BCUT2D eigenvalue weighted by Crippen LogP contribution is 2.22. The summed E-state index contributed by atoms with van der Waals surface area (Å²) in [5, 5.41) is 14.4. The van der Waals surface area contributed by atoms with Crippen LogP contribution in [-0.4, -0.2) is 22.1 Å². The summed E-state index contributed by atoms with van der Waals surface area (Å²) in [6, 6.07) is 4.97. The van der Waals surface area contributed by atoms with E-state index >= 15 is 0 Å². The normalized spacial score (nSPS) is 12.0. The van der Waals surface area contributed by atoms with Gasteiger partial charge in [-0.25, -0.2) is 9.59 Å². The second-order valence-electron chi connectivity index (χ2n) is 4.81. The number of aromatic nitrogens is 1. The van der Waals surface area contributed by atoms with Crippen LogP contribution in [0.15, 0.2) is 18.2 Å². The molecule has 0 aromatic carbocycles. The van der Waals surface area contributed by atoms with Gasteiger partial charge in [-0.3, -0.25) is 0 Å². The topological polar surface area (TPSA) is 94.2 Å². The van der Waals surface area contributed by atoms with Gasteiger partial charge in [0.2, 0.25) is 0 Å². The molecule has 0 aliphatic heterocycles. The number of aromatic amines is 1. The minimum atomic E-state index is -1.11. The second kappa shape index (κ2) is 6.01. The summed E-state index contributed by atoms with van der Waals surface area (Å²) >= 11 is 1.61. The molecule has 2 heterocycles. The number of carboxylic acid groups (broad SMARTS) is 1. The van der Waals surface area contributed by atoms with Gasteiger partial charge in [-0.05, 0) is 39.0 Å². The van der Waals surface area contributed by atoms with Gasteiger partial charge in [0.1, 0.15) is 5.69 Å². The van der Waals surface area contributed by atoms with E-state index in [0.29, 0.717) is 5.69 Å². The predicted molar refractivity (Wildman–Crippen MR) is 82.1 cm³/mol. The van der Waals surface area contributed by atoms with E-state index < -0.39 is 12.0 Å². The number of hydrogen-bond donors (Lipinski definition) is 4. The zero-order chi connectivity index (χ0) is 15.6. The van der Waals surface area contributed by atoms with Gasteiger partial charge in [-0.1, -0.05) is 0 Å². The van der Waals surface area contributed by atoms with Gasteiger partial charge in [-0.2, -0.15) is 0 Å². The summed E-state index contributed by atoms with van der Waals surface area (Å²) < 4.78 is 0. The molecule has 6 nitrogen and oxygen atoms in total. The van der Waals surface area contributed by atoms with E-state index in [9.17, 15) is 9.59 Å². The van der Waals surface area contributed by atoms with Gasteiger partial charge in [0.15, 0.2) is 0 Å². The molecule has 7 heteroatoms. The number of carboxylic acids is 1. The molecular formula is C14H17N3O3S. The molecule has 21 heavy (non-hydrogen) atoms. The highest BCUT2D eigenvalue weighted by atomic mass is 32.1. The first-order valence-corrected chi connectivity index (χ1v) is 7.25. The SMILES string of the molecule is Cc1cc(NC(=O)NC(C)c2ccc(C)s2)c(C(=O)O)[nH]1. The smallest absolute Gasteiger partial charge is 0.354 e. The molecule has 0 fully saturated rings. The fourth-order valence-corrected chi connectivity index (χ4v) is 2.85. The zero-order valence-corrected chi connectivity index (χ0v) is 12.8. The van der Waals surface area contributed by atoms with Crippen molar-refractivity contribution in [1.82, 2.24) is 10.3 Å². The van der Waals surface area contributed by atoms with Gasteiger partial charge in [0.25, 0.3) is 0 Å². The molecule has 0 saturated heterocycles. The number of carbonyl (C=O) groups excluding carboxylic acids is 1. The maximum atomic E-state index is 12.0. The lowest BCUT2D eigenvalue weighted by atomic mass is 10.3.